The number of hydrogen-bond donors (Lipinski definition) is 2. The zero-order valence-corrected chi connectivity index (χ0v) is 9.50. The normalized spacial score (nSPS) is 12.5. The van der Waals surface area contributed by atoms with E-state index in [0.717, 1.165) is 6.42 Å². The van der Waals surface area contributed by atoms with Crippen LogP contribution in [0.4, 0.5) is 4.79 Å². The van der Waals surface area contributed by atoms with Crippen LogP contribution in [0, 0.1) is 0 Å². The topological polar surface area (TPSA) is 49.3 Å². The number of rotatable bonds is 6. The lowest BCUT2D eigenvalue weighted by Crippen LogP contribution is -2.27. The van der Waals surface area contributed by atoms with Gasteiger partial charge in [-0.15, -0.1) is 0 Å². The molecule has 0 aromatic heterocycles. The Hall–Kier alpha value is 0. The number of nitrogens with one attached hydrogen (secondary N) is 1. The van der Waals surface area contributed by atoms with Gasteiger partial charge < -0.3 is 10.4 Å². The highest BCUT2D eigenvalue weighted by Gasteiger charge is 2.04. The van der Waals surface area contributed by atoms with Gasteiger partial charge in [0.1, 0.15) is 0 Å². The summed E-state index contributed by atoms with van der Waals surface area (Å²) in [5.74, 6) is 0. The predicted octanol–water partition coefficient (Wildman–Crippen LogP) is 2.64. The van der Waals surface area contributed by atoms with Gasteiger partial charge in [0, 0.05) is 10.5 Å². The van der Waals surface area contributed by atoms with Crippen molar-refractivity contribution in [1.82, 2.24) is 5.32 Å². The van der Waals surface area contributed by atoms with Crippen LogP contribution in [0.2, 0.25) is 0 Å². The molecule has 2 N–H and O–H groups in total. The monoisotopic (exact) mass is 285 g/mol. The highest BCUT2D eigenvalue weighted by Crippen LogP contribution is 2.10. The molecule has 72 valence electrons. The van der Waals surface area contributed by atoms with E-state index < -0.39 is 6.09 Å². The molecule has 0 saturated heterocycles. The summed E-state index contributed by atoms with van der Waals surface area (Å²) >= 11 is 2.29. The van der Waals surface area contributed by atoms with E-state index in [1.54, 1.807) is 0 Å². The summed E-state index contributed by atoms with van der Waals surface area (Å²) in [4.78, 5) is 10.1. The van der Waals surface area contributed by atoms with Crippen molar-refractivity contribution in [1.29, 1.82) is 0 Å². The largest absolute Gasteiger partial charge is 0.465 e. The zero-order chi connectivity index (χ0) is 9.40. The molecule has 0 fully saturated rings. The lowest BCUT2D eigenvalue weighted by Gasteiger charge is -2.08. The van der Waals surface area contributed by atoms with E-state index in [0.29, 0.717) is 10.5 Å². The Morgan fingerprint density at radius 1 is 1.58 bits per heavy atom. The first-order chi connectivity index (χ1) is 5.66. The van der Waals surface area contributed by atoms with Crippen molar-refractivity contribution in [2.45, 2.75) is 36.5 Å². The molecule has 0 aliphatic rings. The summed E-state index contributed by atoms with van der Waals surface area (Å²) in [7, 11) is 0. The number of carbonyl (C=O) groups is 1. The second kappa shape index (κ2) is 7.64. The molecule has 0 bridgehead atoms. The fourth-order valence-electron chi connectivity index (χ4n) is 0.916. The first kappa shape index (κ1) is 12.0. The highest BCUT2D eigenvalue weighted by molar-refractivity contribution is 14.1. The summed E-state index contributed by atoms with van der Waals surface area (Å²) < 4.78 is 0.435. The van der Waals surface area contributed by atoms with Crippen molar-refractivity contribution in [3.63, 3.8) is 0 Å². The van der Waals surface area contributed by atoms with Gasteiger partial charge in [0.15, 0.2) is 0 Å². The third-order valence-electron chi connectivity index (χ3n) is 1.60. The van der Waals surface area contributed by atoms with Gasteiger partial charge in [-0.1, -0.05) is 48.8 Å². The zero-order valence-electron chi connectivity index (χ0n) is 7.35. The quantitative estimate of drug-likeness (QED) is 0.448. The summed E-state index contributed by atoms with van der Waals surface area (Å²) in [5, 5.41) is 10.7. The van der Waals surface area contributed by atoms with Crippen molar-refractivity contribution in [3.05, 3.63) is 0 Å². The smallest absolute Gasteiger partial charge is 0.404 e. The average Bonchev–Trinajstić information content (AvgIpc) is 2.01. The lowest BCUT2D eigenvalue weighted by atomic mass is 10.1. The molecule has 1 atom stereocenters. The Morgan fingerprint density at radius 2 is 2.25 bits per heavy atom. The maximum Gasteiger partial charge on any atom is 0.404 e. The fraction of sp³-hybridized carbons (Fsp3) is 0.875. The van der Waals surface area contributed by atoms with Crippen LogP contribution in [0.3, 0.4) is 0 Å². The van der Waals surface area contributed by atoms with Gasteiger partial charge in [-0.3, -0.25) is 0 Å². The first-order valence-electron chi connectivity index (χ1n) is 4.27. The Morgan fingerprint density at radius 3 is 2.75 bits per heavy atom. The van der Waals surface area contributed by atoms with Gasteiger partial charge in [-0.25, -0.2) is 4.79 Å². The van der Waals surface area contributed by atoms with Crippen molar-refractivity contribution in [2.24, 2.45) is 0 Å². The number of amides is 1. The molecule has 0 heterocycles. The molecule has 3 nitrogen and oxygen atoms in total. The molecule has 0 rings (SSSR count). The third-order valence-corrected chi connectivity index (χ3v) is 2.66. The van der Waals surface area contributed by atoms with Crippen LogP contribution in [0.1, 0.15) is 32.6 Å². The Bertz CT molecular complexity index is 130. The van der Waals surface area contributed by atoms with Crippen LogP contribution in [0.15, 0.2) is 0 Å². The number of hydrogen-bond acceptors (Lipinski definition) is 1. The van der Waals surface area contributed by atoms with E-state index in [9.17, 15) is 4.79 Å². The Balaban J connectivity index is 3.21. The molecule has 12 heavy (non-hydrogen) atoms. The second-order valence-electron chi connectivity index (χ2n) is 2.78. The molecule has 4 heteroatoms. The van der Waals surface area contributed by atoms with Crippen LogP contribution >= 0.6 is 22.6 Å². The summed E-state index contributed by atoms with van der Waals surface area (Å²) in [6.07, 6.45) is 3.84. The number of alkyl halides is 1. The number of unbranched alkanes of at least 4 members (excludes halogenated alkanes) is 2. The van der Waals surface area contributed by atoms with Crippen LogP contribution in [0.25, 0.3) is 0 Å². The van der Waals surface area contributed by atoms with Crippen molar-refractivity contribution < 1.29 is 9.90 Å². The van der Waals surface area contributed by atoms with Gasteiger partial charge in [0.05, 0.1) is 0 Å². The minimum Gasteiger partial charge on any atom is -0.465 e. The highest BCUT2D eigenvalue weighted by atomic mass is 127. The van der Waals surface area contributed by atoms with Gasteiger partial charge in [-0.05, 0) is 6.42 Å². The molecule has 0 aromatic carbocycles. The van der Waals surface area contributed by atoms with Crippen LogP contribution in [0.5, 0.6) is 0 Å². The molecule has 0 spiro atoms. The molecule has 0 saturated carbocycles. The van der Waals surface area contributed by atoms with Gasteiger partial charge >= 0.3 is 6.09 Å². The molecule has 0 aromatic rings. The SMILES string of the molecule is CCCCCC(I)CNC(=O)O. The molecular formula is C8H16INO2. The number of carboxylic acid groups (broad SMARTS) is 1. The van der Waals surface area contributed by atoms with Crippen molar-refractivity contribution in [3.8, 4) is 0 Å². The maximum atomic E-state index is 10.1. The molecule has 0 radical (unpaired) electrons. The Labute approximate surface area is 87.1 Å². The first-order valence-corrected chi connectivity index (χ1v) is 5.52. The number of halogens is 1. The van der Waals surface area contributed by atoms with E-state index in [1.807, 2.05) is 0 Å². The van der Waals surface area contributed by atoms with Gasteiger partial charge in [0.2, 0.25) is 0 Å². The molecular weight excluding hydrogens is 269 g/mol. The Kier molecular flexibility index (Phi) is 7.64. The fourth-order valence-corrected chi connectivity index (χ4v) is 1.58. The van der Waals surface area contributed by atoms with Crippen molar-refractivity contribution >= 4 is 28.7 Å². The minimum absolute atomic E-state index is 0.435. The standard InChI is InChI=1S/C8H16INO2/c1-2-3-4-5-7(9)6-10-8(11)12/h7,10H,2-6H2,1H3,(H,11,12). The average molecular weight is 285 g/mol. The van der Waals surface area contributed by atoms with Gasteiger partial charge in [-0.2, -0.15) is 0 Å². The van der Waals surface area contributed by atoms with E-state index in [1.165, 1.54) is 19.3 Å². The predicted molar refractivity (Wildman–Crippen MR) is 58.0 cm³/mol. The van der Waals surface area contributed by atoms with E-state index >= 15 is 0 Å². The minimum atomic E-state index is -0.924. The summed E-state index contributed by atoms with van der Waals surface area (Å²) in [5.41, 5.74) is 0. The maximum absolute atomic E-state index is 10.1. The third kappa shape index (κ3) is 8.10. The molecule has 1 amide bonds. The molecule has 0 aliphatic carbocycles. The van der Waals surface area contributed by atoms with E-state index in [-0.39, 0.29) is 0 Å². The van der Waals surface area contributed by atoms with Crippen LogP contribution in [-0.4, -0.2) is 21.7 Å². The second-order valence-corrected chi connectivity index (χ2v) is 4.54. The van der Waals surface area contributed by atoms with Gasteiger partial charge in [0.25, 0.3) is 0 Å². The van der Waals surface area contributed by atoms with Crippen molar-refractivity contribution in [2.75, 3.05) is 6.54 Å². The van der Waals surface area contributed by atoms with E-state index in [2.05, 4.69) is 34.8 Å². The lowest BCUT2D eigenvalue weighted by molar-refractivity contribution is 0.194. The molecule has 0 aliphatic heterocycles. The van der Waals surface area contributed by atoms with E-state index in [4.69, 9.17) is 5.11 Å². The summed E-state index contributed by atoms with van der Waals surface area (Å²) in [6, 6.07) is 0. The van der Waals surface area contributed by atoms with Crippen LogP contribution in [-0.2, 0) is 0 Å². The van der Waals surface area contributed by atoms with Crippen LogP contribution < -0.4 is 5.32 Å². The molecule has 1 unspecified atom stereocenters. The summed E-state index contributed by atoms with van der Waals surface area (Å²) in [6.45, 7) is 2.73.